The first kappa shape index (κ1) is 26.5. The lowest BCUT2D eigenvalue weighted by Crippen LogP contribution is -2.10. The lowest BCUT2D eigenvalue weighted by Gasteiger charge is -2.21. The van der Waals surface area contributed by atoms with Crippen molar-refractivity contribution in [3.05, 3.63) is 0 Å². The van der Waals surface area contributed by atoms with Gasteiger partial charge in [-0.25, -0.2) is 0 Å². The minimum atomic E-state index is 0. The average Bonchev–Trinajstić information content (AvgIpc) is 2.25. The second kappa shape index (κ2) is 17.0. The average molecular weight is 261 g/mol. The highest BCUT2D eigenvalue weighted by molar-refractivity contribution is 4.64. The Kier molecular flexibility index (Phi) is 25.1. The Hall–Kier alpha value is 0. The fourth-order valence-electron chi connectivity index (χ4n) is 1.76. The third-order valence-electron chi connectivity index (χ3n) is 3.37. The summed E-state index contributed by atoms with van der Waals surface area (Å²) in [6, 6.07) is 0. The molecule has 0 saturated carbocycles. The molecule has 0 heterocycles. The van der Waals surface area contributed by atoms with Gasteiger partial charge in [-0.15, -0.1) is 0 Å². The second-order valence-electron chi connectivity index (χ2n) is 5.90. The van der Waals surface area contributed by atoms with E-state index < -0.39 is 0 Å². The van der Waals surface area contributed by atoms with E-state index in [-0.39, 0.29) is 14.9 Å². The molecule has 116 valence electrons. The van der Waals surface area contributed by atoms with Crippen molar-refractivity contribution in [3.63, 3.8) is 0 Å². The van der Waals surface area contributed by atoms with E-state index in [1.165, 1.54) is 25.7 Å². The zero-order valence-electron chi connectivity index (χ0n) is 13.1. The summed E-state index contributed by atoms with van der Waals surface area (Å²) in [6.07, 6.45) is 5.62. The standard InChI is InChI=1S/C14H30.C2H6.2CH4/c1-11(2)7-9-13(5)14(6)10-8-12(3)4;1-2;;/h11-14H,7-10H2,1-6H3;1-2H3;2*1H4/t13-,14?;;;/m1.../s1. The van der Waals surface area contributed by atoms with Crippen LogP contribution >= 0.6 is 0 Å². The van der Waals surface area contributed by atoms with E-state index in [9.17, 15) is 0 Å². The Morgan fingerprint density at radius 1 is 0.500 bits per heavy atom. The summed E-state index contributed by atoms with van der Waals surface area (Å²) in [5.74, 6) is 3.57. The smallest absolute Gasteiger partial charge is 0.0417 e. The Morgan fingerprint density at radius 3 is 0.889 bits per heavy atom. The fourth-order valence-corrected chi connectivity index (χ4v) is 1.76. The third-order valence-corrected chi connectivity index (χ3v) is 3.37. The molecule has 0 aromatic heterocycles. The van der Waals surface area contributed by atoms with Crippen LogP contribution in [0.3, 0.4) is 0 Å². The number of rotatable bonds is 7. The number of hydrogen-bond donors (Lipinski definition) is 0. The van der Waals surface area contributed by atoms with Gasteiger partial charge in [0, 0.05) is 0 Å². The molecule has 0 radical (unpaired) electrons. The molecule has 18 heavy (non-hydrogen) atoms. The van der Waals surface area contributed by atoms with Gasteiger partial charge in [-0.3, -0.25) is 0 Å². The predicted molar refractivity (Wildman–Crippen MR) is 91.3 cm³/mol. The molecule has 0 aromatic rings. The molecule has 1 unspecified atom stereocenters. The van der Waals surface area contributed by atoms with E-state index in [1.807, 2.05) is 13.8 Å². The first-order valence-corrected chi connectivity index (χ1v) is 7.43. The zero-order chi connectivity index (χ0) is 13.1. The van der Waals surface area contributed by atoms with Gasteiger partial charge in [-0.2, -0.15) is 0 Å². The second-order valence-corrected chi connectivity index (χ2v) is 5.90. The van der Waals surface area contributed by atoms with Crippen molar-refractivity contribution < 1.29 is 0 Å². The Labute approximate surface area is 120 Å². The normalized spacial score (nSPS) is 13.0. The van der Waals surface area contributed by atoms with Crippen LogP contribution in [0.1, 0.15) is 95.9 Å². The summed E-state index contributed by atoms with van der Waals surface area (Å²) >= 11 is 0. The van der Waals surface area contributed by atoms with Gasteiger partial charge in [0.05, 0.1) is 0 Å². The van der Waals surface area contributed by atoms with Gasteiger partial charge in [0.1, 0.15) is 0 Å². The van der Waals surface area contributed by atoms with Crippen LogP contribution in [0.25, 0.3) is 0 Å². The molecule has 0 saturated heterocycles. The van der Waals surface area contributed by atoms with E-state index in [0.717, 1.165) is 23.7 Å². The minimum Gasteiger partial charge on any atom is -0.0776 e. The highest BCUT2D eigenvalue weighted by atomic mass is 14.2. The van der Waals surface area contributed by atoms with Crippen molar-refractivity contribution in [2.45, 2.75) is 95.9 Å². The van der Waals surface area contributed by atoms with Gasteiger partial charge in [0.2, 0.25) is 0 Å². The van der Waals surface area contributed by atoms with Crippen molar-refractivity contribution >= 4 is 0 Å². The maximum absolute atomic E-state index is 2.42. The van der Waals surface area contributed by atoms with Crippen LogP contribution in [-0.2, 0) is 0 Å². The molecule has 0 spiro atoms. The minimum absolute atomic E-state index is 0. The molecule has 0 bridgehead atoms. The van der Waals surface area contributed by atoms with Crippen LogP contribution in [-0.4, -0.2) is 0 Å². The molecule has 0 aliphatic carbocycles. The molecule has 0 aromatic carbocycles. The highest BCUT2D eigenvalue weighted by Crippen LogP contribution is 2.24. The van der Waals surface area contributed by atoms with Crippen LogP contribution in [0.15, 0.2) is 0 Å². The summed E-state index contributed by atoms with van der Waals surface area (Å²) in [4.78, 5) is 0. The summed E-state index contributed by atoms with van der Waals surface area (Å²) in [6.45, 7) is 18.1. The van der Waals surface area contributed by atoms with Gasteiger partial charge >= 0.3 is 0 Å². The molecule has 0 nitrogen and oxygen atoms in total. The maximum Gasteiger partial charge on any atom is -0.0417 e. The first-order chi connectivity index (χ1) is 7.43. The van der Waals surface area contributed by atoms with Crippen molar-refractivity contribution in [1.29, 1.82) is 0 Å². The molecule has 0 fully saturated rings. The molecular formula is C18H44. The lowest BCUT2D eigenvalue weighted by atomic mass is 9.85. The van der Waals surface area contributed by atoms with Crippen LogP contribution in [0.2, 0.25) is 0 Å². The van der Waals surface area contributed by atoms with Gasteiger partial charge in [0.15, 0.2) is 0 Å². The van der Waals surface area contributed by atoms with Crippen LogP contribution in [0.4, 0.5) is 0 Å². The highest BCUT2D eigenvalue weighted by Gasteiger charge is 2.12. The van der Waals surface area contributed by atoms with Crippen molar-refractivity contribution in [3.8, 4) is 0 Å². The van der Waals surface area contributed by atoms with E-state index in [0.29, 0.717) is 0 Å². The molecule has 0 amide bonds. The van der Waals surface area contributed by atoms with Gasteiger partial charge in [-0.05, 0) is 23.7 Å². The van der Waals surface area contributed by atoms with E-state index >= 15 is 0 Å². The molecular weight excluding hydrogens is 216 g/mol. The summed E-state index contributed by atoms with van der Waals surface area (Å²) < 4.78 is 0. The van der Waals surface area contributed by atoms with Crippen LogP contribution in [0, 0.1) is 23.7 Å². The summed E-state index contributed by atoms with van der Waals surface area (Å²) in [5, 5.41) is 0. The van der Waals surface area contributed by atoms with E-state index in [1.54, 1.807) is 0 Å². The molecule has 2 atom stereocenters. The van der Waals surface area contributed by atoms with E-state index in [4.69, 9.17) is 0 Å². The van der Waals surface area contributed by atoms with Crippen LogP contribution in [0.5, 0.6) is 0 Å². The molecule has 0 heteroatoms. The van der Waals surface area contributed by atoms with Gasteiger partial charge in [-0.1, -0.05) is 95.9 Å². The molecule has 0 N–H and O–H groups in total. The predicted octanol–water partition coefficient (Wildman–Crippen LogP) is 7.43. The Balaban J connectivity index is -0.000000232. The summed E-state index contributed by atoms with van der Waals surface area (Å²) in [7, 11) is 0. The lowest BCUT2D eigenvalue weighted by molar-refractivity contribution is 0.303. The van der Waals surface area contributed by atoms with Crippen molar-refractivity contribution in [2.75, 3.05) is 0 Å². The Morgan fingerprint density at radius 2 is 0.722 bits per heavy atom. The monoisotopic (exact) mass is 260 g/mol. The van der Waals surface area contributed by atoms with Gasteiger partial charge < -0.3 is 0 Å². The first-order valence-electron chi connectivity index (χ1n) is 7.43. The third kappa shape index (κ3) is 18.4. The SMILES string of the molecule is C.C.CC.CC(C)CCC(C)[C@H](C)CCC(C)C. The maximum atomic E-state index is 2.42. The molecule has 0 aliphatic heterocycles. The fraction of sp³-hybridized carbons (Fsp3) is 1.00. The number of hydrogen-bond acceptors (Lipinski definition) is 0. The quantitative estimate of drug-likeness (QED) is 0.446. The van der Waals surface area contributed by atoms with Crippen molar-refractivity contribution in [2.24, 2.45) is 23.7 Å². The van der Waals surface area contributed by atoms with E-state index in [2.05, 4.69) is 41.5 Å². The van der Waals surface area contributed by atoms with Crippen LogP contribution < -0.4 is 0 Å². The topological polar surface area (TPSA) is 0 Å². The summed E-state index contributed by atoms with van der Waals surface area (Å²) in [5.41, 5.74) is 0. The zero-order valence-corrected chi connectivity index (χ0v) is 13.1. The Bertz CT molecular complexity index is 108. The molecule has 0 aliphatic rings. The largest absolute Gasteiger partial charge is 0.0776 e. The van der Waals surface area contributed by atoms with Gasteiger partial charge in [0.25, 0.3) is 0 Å². The van der Waals surface area contributed by atoms with Crippen molar-refractivity contribution in [1.82, 2.24) is 0 Å². The molecule has 0 rings (SSSR count).